The average molecular weight is 434 g/mol. The molecule has 0 aliphatic heterocycles. The van der Waals surface area contributed by atoms with Crippen LogP contribution in [-0.4, -0.2) is 18.0 Å². The van der Waals surface area contributed by atoms with E-state index in [4.69, 9.17) is 9.15 Å². The monoisotopic (exact) mass is 433 g/mol. The number of nitrogens with zero attached hydrogens (tertiary/aromatic N) is 1. The third kappa shape index (κ3) is 4.62. The second kappa shape index (κ2) is 9.49. The molecule has 3 heterocycles. The maximum Gasteiger partial charge on any atom is 0.291 e. The van der Waals surface area contributed by atoms with Crippen molar-refractivity contribution in [1.82, 2.24) is 4.98 Å². The molecule has 0 bridgehead atoms. The van der Waals surface area contributed by atoms with Gasteiger partial charge in [-0.2, -0.15) is 0 Å². The van der Waals surface area contributed by atoms with Gasteiger partial charge in [-0.25, -0.2) is 4.98 Å². The lowest BCUT2D eigenvalue weighted by molar-refractivity contribution is 0.0997. The largest absolute Gasteiger partial charge is 0.496 e. The Hall–Kier alpha value is -3.58. The van der Waals surface area contributed by atoms with Crippen LogP contribution in [0.2, 0.25) is 0 Å². The Bertz CT molecular complexity index is 1140. The highest BCUT2D eigenvalue weighted by atomic mass is 32.1. The Morgan fingerprint density at radius 1 is 1.13 bits per heavy atom. The van der Waals surface area contributed by atoms with Crippen LogP contribution in [0.5, 0.6) is 5.75 Å². The van der Waals surface area contributed by atoms with Gasteiger partial charge < -0.3 is 19.8 Å². The van der Waals surface area contributed by atoms with Gasteiger partial charge >= 0.3 is 0 Å². The van der Waals surface area contributed by atoms with Gasteiger partial charge in [0.1, 0.15) is 16.6 Å². The summed E-state index contributed by atoms with van der Waals surface area (Å²) in [7, 11) is 1.65. The first-order valence-corrected chi connectivity index (χ1v) is 10.8. The van der Waals surface area contributed by atoms with Gasteiger partial charge in [-0.3, -0.25) is 4.79 Å². The second-order valence-electron chi connectivity index (χ2n) is 6.82. The van der Waals surface area contributed by atoms with E-state index in [-0.39, 0.29) is 17.7 Å². The van der Waals surface area contributed by atoms with E-state index >= 15 is 0 Å². The maximum atomic E-state index is 12.7. The molecule has 0 saturated heterocycles. The highest BCUT2D eigenvalue weighted by Gasteiger charge is 2.25. The number of aryl methyl sites for hydroxylation is 1. The molecule has 0 aliphatic rings. The Morgan fingerprint density at radius 3 is 2.68 bits per heavy atom. The smallest absolute Gasteiger partial charge is 0.291 e. The highest BCUT2D eigenvalue weighted by Crippen LogP contribution is 2.40. The lowest BCUT2D eigenvalue weighted by Gasteiger charge is -2.22. The summed E-state index contributed by atoms with van der Waals surface area (Å²) in [5.41, 5.74) is 1.89. The standard InChI is InChI=1S/C24H23N3O3S/c1-3-16-15-18(24(31-16)27-23(28)20-11-8-14-30-20)22(26-21-12-6-7-13-25-21)17-9-4-5-10-19(17)29-2/h4-15,22H,3H2,1-2H3,(H,25,26)(H,27,28)/t22-/m0/s1. The highest BCUT2D eigenvalue weighted by molar-refractivity contribution is 7.16. The summed E-state index contributed by atoms with van der Waals surface area (Å²) in [4.78, 5) is 18.3. The molecule has 1 aromatic carbocycles. The molecule has 158 valence electrons. The van der Waals surface area contributed by atoms with Crippen LogP contribution in [0.3, 0.4) is 0 Å². The molecule has 7 heteroatoms. The van der Waals surface area contributed by atoms with Gasteiger partial charge in [0.05, 0.1) is 19.4 Å². The van der Waals surface area contributed by atoms with Gasteiger partial charge in [0, 0.05) is 22.2 Å². The summed E-state index contributed by atoms with van der Waals surface area (Å²) in [6.45, 7) is 2.10. The molecule has 0 aliphatic carbocycles. The Morgan fingerprint density at radius 2 is 1.97 bits per heavy atom. The summed E-state index contributed by atoms with van der Waals surface area (Å²) < 4.78 is 10.9. The number of furan rings is 1. The Kier molecular flexibility index (Phi) is 6.33. The summed E-state index contributed by atoms with van der Waals surface area (Å²) >= 11 is 1.56. The van der Waals surface area contributed by atoms with Crippen LogP contribution in [0, 0.1) is 0 Å². The van der Waals surface area contributed by atoms with Crippen LogP contribution >= 0.6 is 11.3 Å². The number of anilines is 2. The lowest BCUT2D eigenvalue weighted by Crippen LogP contribution is -2.17. The number of benzene rings is 1. The maximum absolute atomic E-state index is 12.7. The van der Waals surface area contributed by atoms with Crippen molar-refractivity contribution >= 4 is 28.1 Å². The van der Waals surface area contributed by atoms with Crippen LogP contribution < -0.4 is 15.4 Å². The predicted octanol–water partition coefficient (Wildman–Crippen LogP) is 5.76. The minimum absolute atomic E-state index is 0.268. The fourth-order valence-electron chi connectivity index (χ4n) is 3.34. The quantitative estimate of drug-likeness (QED) is 0.369. The number of hydrogen-bond donors (Lipinski definition) is 2. The zero-order valence-electron chi connectivity index (χ0n) is 17.3. The van der Waals surface area contributed by atoms with Crippen molar-refractivity contribution in [3.63, 3.8) is 0 Å². The third-order valence-electron chi connectivity index (χ3n) is 4.85. The summed E-state index contributed by atoms with van der Waals surface area (Å²) in [5, 5.41) is 7.30. The third-order valence-corrected chi connectivity index (χ3v) is 6.06. The number of thiophene rings is 1. The molecule has 0 unspecified atom stereocenters. The number of carbonyl (C=O) groups is 1. The number of ether oxygens (including phenoxy) is 1. The molecular weight excluding hydrogens is 410 g/mol. The number of methoxy groups -OCH3 is 1. The van der Waals surface area contributed by atoms with Gasteiger partial charge in [-0.05, 0) is 42.8 Å². The van der Waals surface area contributed by atoms with Gasteiger partial charge in [0.25, 0.3) is 5.91 Å². The first-order valence-electron chi connectivity index (χ1n) is 9.97. The lowest BCUT2D eigenvalue weighted by atomic mass is 9.98. The van der Waals surface area contributed by atoms with Crippen molar-refractivity contribution in [3.8, 4) is 5.75 Å². The molecule has 3 aromatic heterocycles. The van der Waals surface area contributed by atoms with E-state index in [1.165, 1.54) is 6.26 Å². The van der Waals surface area contributed by atoms with Gasteiger partial charge in [-0.15, -0.1) is 11.3 Å². The summed E-state index contributed by atoms with van der Waals surface area (Å²) in [6, 6.07) is 18.7. The molecule has 6 nitrogen and oxygen atoms in total. The van der Waals surface area contributed by atoms with Gasteiger partial charge in [0.2, 0.25) is 0 Å². The number of para-hydroxylation sites is 1. The number of rotatable bonds is 8. The number of pyridine rings is 1. The van der Waals surface area contributed by atoms with Gasteiger partial charge in [-0.1, -0.05) is 31.2 Å². The van der Waals surface area contributed by atoms with Crippen LogP contribution in [0.15, 0.2) is 77.5 Å². The summed E-state index contributed by atoms with van der Waals surface area (Å²) in [5.74, 6) is 1.46. The van der Waals surface area contributed by atoms with Crippen molar-refractivity contribution in [1.29, 1.82) is 0 Å². The van der Waals surface area contributed by atoms with Crippen LogP contribution in [0.4, 0.5) is 10.8 Å². The van der Waals surface area contributed by atoms with Crippen molar-refractivity contribution < 1.29 is 13.9 Å². The minimum atomic E-state index is -0.285. The fourth-order valence-corrected chi connectivity index (χ4v) is 4.37. The topological polar surface area (TPSA) is 76.4 Å². The molecule has 1 atom stereocenters. The number of hydrogen-bond acceptors (Lipinski definition) is 6. The Balaban J connectivity index is 1.78. The molecule has 0 spiro atoms. The molecule has 4 aromatic rings. The summed E-state index contributed by atoms with van der Waals surface area (Å²) in [6.07, 6.45) is 4.09. The van der Waals surface area contributed by atoms with Crippen LogP contribution in [0.25, 0.3) is 0 Å². The van der Waals surface area contributed by atoms with E-state index in [9.17, 15) is 4.79 Å². The van der Waals surface area contributed by atoms with Gasteiger partial charge in [0.15, 0.2) is 5.76 Å². The normalized spacial score (nSPS) is 11.7. The van der Waals surface area contributed by atoms with Crippen LogP contribution in [-0.2, 0) is 6.42 Å². The number of amides is 1. The molecule has 0 radical (unpaired) electrons. The average Bonchev–Trinajstić information content (AvgIpc) is 3.48. The van der Waals surface area contributed by atoms with Crippen molar-refractivity contribution in [2.24, 2.45) is 0 Å². The zero-order chi connectivity index (χ0) is 21.6. The molecular formula is C24H23N3O3S. The van der Waals surface area contributed by atoms with Crippen molar-refractivity contribution in [2.45, 2.75) is 19.4 Å². The fraction of sp³-hybridized carbons (Fsp3) is 0.167. The molecule has 2 N–H and O–H groups in total. The minimum Gasteiger partial charge on any atom is -0.496 e. The van der Waals surface area contributed by atoms with E-state index < -0.39 is 0 Å². The van der Waals surface area contributed by atoms with E-state index in [2.05, 4.69) is 28.6 Å². The molecule has 31 heavy (non-hydrogen) atoms. The first kappa shape index (κ1) is 20.7. The van der Waals surface area contributed by atoms with E-state index in [1.807, 2.05) is 42.5 Å². The molecule has 0 fully saturated rings. The SMILES string of the molecule is CCc1cc([C@@H](Nc2ccccn2)c2ccccc2OC)c(NC(=O)c2ccco2)s1. The van der Waals surface area contributed by atoms with E-state index in [0.29, 0.717) is 0 Å². The molecule has 4 rings (SSSR count). The number of aromatic nitrogens is 1. The molecule has 1 amide bonds. The number of nitrogens with one attached hydrogen (secondary N) is 2. The molecule has 0 saturated carbocycles. The van der Waals surface area contributed by atoms with Crippen molar-refractivity contribution in [3.05, 3.63) is 94.9 Å². The second-order valence-corrected chi connectivity index (χ2v) is 7.95. The van der Waals surface area contributed by atoms with Crippen LogP contribution in [0.1, 0.15) is 39.5 Å². The van der Waals surface area contributed by atoms with Crippen molar-refractivity contribution in [2.75, 3.05) is 17.7 Å². The predicted molar refractivity (Wildman–Crippen MR) is 123 cm³/mol. The van der Waals surface area contributed by atoms with E-state index in [0.717, 1.165) is 39.0 Å². The first-order chi connectivity index (χ1) is 15.2. The Labute approximate surface area is 184 Å². The zero-order valence-corrected chi connectivity index (χ0v) is 18.1. The van der Waals surface area contributed by atoms with E-state index in [1.54, 1.807) is 36.8 Å². The number of carbonyl (C=O) groups excluding carboxylic acids is 1.